The zero-order chi connectivity index (χ0) is 27.3. The Labute approximate surface area is 228 Å². The van der Waals surface area contributed by atoms with Gasteiger partial charge in [-0.1, -0.05) is 112 Å². The monoisotopic (exact) mass is 531 g/mol. The fourth-order valence-corrected chi connectivity index (χ4v) is 10.9. The summed E-state index contributed by atoms with van der Waals surface area (Å²) in [4.78, 5) is 15.4. The van der Waals surface area contributed by atoms with E-state index in [1.807, 2.05) is 30.3 Å². The second kappa shape index (κ2) is 12.0. The average Bonchev–Trinajstić information content (AvgIpc) is 3.32. The van der Waals surface area contributed by atoms with Gasteiger partial charge in [-0.2, -0.15) is 0 Å². The summed E-state index contributed by atoms with van der Waals surface area (Å²) in [6, 6.07) is 30.5. The molecule has 0 amide bonds. The predicted octanol–water partition coefficient (Wildman–Crippen LogP) is 4.55. The molecule has 1 aliphatic heterocycles. The van der Waals surface area contributed by atoms with E-state index in [9.17, 15) is 9.90 Å². The number of ether oxygens (including phenoxy) is 1. The second-order valence-electron chi connectivity index (χ2n) is 11.3. The molecule has 6 heteroatoms. The molecule has 1 N–H and O–H groups in total. The molecule has 3 aromatic carbocycles. The molecule has 0 radical (unpaired) electrons. The van der Waals surface area contributed by atoms with Crippen LogP contribution in [0.1, 0.15) is 45.7 Å². The highest BCUT2D eigenvalue weighted by atomic mass is 28.4. The Morgan fingerprint density at radius 1 is 0.947 bits per heavy atom. The first-order valence-electron chi connectivity index (χ1n) is 13.5. The zero-order valence-electron chi connectivity index (χ0n) is 23.2. The van der Waals surface area contributed by atoms with Crippen LogP contribution in [0.4, 0.5) is 0 Å². The molecule has 3 aromatic rings. The van der Waals surface area contributed by atoms with Gasteiger partial charge in [0.2, 0.25) is 0 Å². The van der Waals surface area contributed by atoms with Crippen LogP contribution in [0, 0.1) is 5.92 Å². The van der Waals surface area contributed by atoms with Crippen LogP contribution >= 0.6 is 0 Å². The van der Waals surface area contributed by atoms with Crippen molar-refractivity contribution in [3.05, 3.63) is 96.6 Å². The Hall–Kier alpha value is -2.77. The lowest BCUT2D eigenvalue weighted by Gasteiger charge is -2.44. The van der Waals surface area contributed by atoms with Gasteiger partial charge in [-0.3, -0.25) is 9.69 Å². The number of methoxy groups -OCH3 is 1. The molecule has 0 spiro atoms. The van der Waals surface area contributed by atoms with Crippen LogP contribution in [0.25, 0.3) is 0 Å². The van der Waals surface area contributed by atoms with E-state index in [2.05, 4.69) is 93.3 Å². The molecule has 0 saturated carbocycles. The van der Waals surface area contributed by atoms with Gasteiger partial charge in [-0.05, 0) is 34.3 Å². The van der Waals surface area contributed by atoms with Crippen LogP contribution < -0.4 is 10.4 Å². The third-order valence-corrected chi connectivity index (χ3v) is 13.1. The maximum atomic E-state index is 13.3. The first-order chi connectivity index (χ1) is 18.2. The number of rotatable bonds is 9. The van der Waals surface area contributed by atoms with Gasteiger partial charge in [0.1, 0.15) is 6.04 Å². The molecule has 0 aromatic heterocycles. The number of aliphatic hydroxyl groups excluding tert-OH is 1. The minimum Gasteiger partial charge on any atom is -0.468 e. The van der Waals surface area contributed by atoms with Gasteiger partial charge in [-0.25, -0.2) is 0 Å². The molecule has 4 atom stereocenters. The van der Waals surface area contributed by atoms with E-state index in [0.717, 1.165) is 5.56 Å². The van der Waals surface area contributed by atoms with E-state index < -0.39 is 14.4 Å². The highest BCUT2D eigenvalue weighted by Gasteiger charge is 2.53. The fraction of sp³-hybridized carbons (Fsp3) is 0.406. The standard InChI is InChI=1S/C32H41NO4Si/c1-24(25-15-9-6-10-16-25)33-27(22-34)21-26(30(33)31(35)36-5)23-37-38(32(2,3)4,28-17-11-7-12-18-28)29-19-13-8-14-20-29/h6-20,24,26-27,30,34H,21-23H2,1-5H3/t24-,26-,27+,30+/m0/s1. The van der Waals surface area contributed by atoms with Crippen molar-refractivity contribution in [2.24, 2.45) is 5.92 Å². The van der Waals surface area contributed by atoms with E-state index in [4.69, 9.17) is 9.16 Å². The third kappa shape index (κ3) is 5.36. The van der Waals surface area contributed by atoms with Crippen LogP contribution in [-0.4, -0.2) is 56.7 Å². The van der Waals surface area contributed by atoms with Crippen molar-refractivity contribution in [1.29, 1.82) is 0 Å². The molecule has 4 rings (SSSR count). The molecule has 0 bridgehead atoms. The third-order valence-electron chi connectivity index (χ3n) is 8.08. The van der Waals surface area contributed by atoms with Crippen LogP contribution in [0.3, 0.4) is 0 Å². The van der Waals surface area contributed by atoms with Crippen molar-refractivity contribution in [1.82, 2.24) is 4.90 Å². The summed E-state index contributed by atoms with van der Waals surface area (Å²) in [6.07, 6.45) is 0.658. The van der Waals surface area contributed by atoms with Gasteiger partial charge < -0.3 is 14.3 Å². The molecule has 1 saturated heterocycles. The van der Waals surface area contributed by atoms with E-state index in [0.29, 0.717) is 13.0 Å². The maximum Gasteiger partial charge on any atom is 0.323 e. The molecular formula is C32H41NO4Si. The van der Waals surface area contributed by atoms with Crippen molar-refractivity contribution in [2.75, 3.05) is 20.3 Å². The molecule has 0 aliphatic carbocycles. The van der Waals surface area contributed by atoms with Gasteiger partial charge in [0.05, 0.1) is 13.7 Å². The summed E-state index contributed by atoms with van der Waals surface area (Å²) < 4.78 is 12.6. The van der Waals surface area contributed by atoms with Crippen LogP contribution in [0.5, 0.6) is 0 Å². The van der Waals surface area contributed by atoms with Gasteiger partial charge in [-0.15, -0.1) is 0 Å². The molecule has 1 heterocycles. The summed E-state index contributed by atoms with van der Waals surface area (Å²) in [5, 5.41) is 12.7. The number of esters is 1. The lowest BCUT2D eigenvalue weighted by Crippen LogP contribution is -2.67. The van der Waals surface area contributed by atoms with Crippen LogP contribution in [0.15, 0.2) is 91.0 Å². The Balaban J connectivity index is 1.74. The lowest BCUT2D eigenvalue weighted by molar-refractivity contribution is -0.149. The van der Waals surface area contributed by atoms with E-state index in [-0.39, 0.29) is 35.6 Å². The first kappa shape index (κ1) is 28.2. The van der Waals surface area contributed by atoms with Crippen molar-refractivity contribution >= 4 is 24.7 Å². The van der Waals surface area contributed by atoms with Gasteiger partial charge >= 0.3 is 5.97 Å². The van der Waals surface area contributed by atoms with Crippen LogP contribution in [-0.2, 0) is 14.0 Å². The van der Waals surface area contributed by atoms with Gasteiger partial charge in [0.25, 0.3) is 8.32 Å². The smallest absolute Gasteiger partial charge is 0.323 e. The quantitative estimate of drug-likeness (QED) is 0.324. The molecule has 1 aliphatic rings. The first-order valence-corrected chi connectivity index (χ1v) is 15.4. The number of hydrogen-bond acceptors (Lipinski definition) is 5. The van der Waals surface area contributed by atoms with Gasteiger partial charge in [0.15, 0.2) is 0 Å². The summed E-state index contributed by atoms with van der Waals surface area (Å²) in [7, 11) is -1.33. The summed E-state index contributed by atoms with van der Waals surface area (Å²) in [5.74, 6) is -0.396. The van der Waals surface area contributed by atoms with Gasteiger partial charge in [0, 0.05) is 24.6 Å². The number of aliphatic hydroxyl groups is 1. The van der Waals surface area contributed by atoms with Crippen molar-refractivity contribution in [3.8, 4) is 0 Å². The molecule has 1 fully saturated rings. The minimum absolute atomic E-state index is 0.0274. The minimum atomic E-state index is -2.77. The average molecular weight is 532 g/mol. The molecule has 5 nitrogen and oxygen atoms in total. The Morgan fingerprint density at radius 3 is 1.89 bits per heavy atom. The van der Waals surface area contributed by atoms with Crippen molar-refractivity contribution in [3.63, 3.8) is 0 Å². The number of nitrogens with zero attached hydrogens (tertiary/aromatic N) is 1. The lowest BCUT2D eigenvalue weighted by atomic mass is 9.99. The Kier molecular flexibility index (Phi) is 8.88. The summed E-state index contributed by atoms with van der Waals surface area (Å²) in [6.45, 7) is 9.24. The highest BCUT2D eigenvalue weighted by molar-refractivity contribution is 6.99. The highest BCUT2D eigenvalue weighted by Crippen LogP contribution is 2.41. The number of benzene rings is 3. The van der Waals surface area contributed by atoms with Crippen LogP contribution in [0.2, 0.25) is 5.04 Å². The molecular weight excluding hydrogens is 490 g/mol. The number of carbonyl (C=O) groups excluding carboxylic acids is 1. The topological polar surface area (TPSA) is 59.0 Å². The Bertz CT molecular complexity index is 1130. The van der Waals surface area contributed by atoms with Crippen molar-refractivity contribution < 1.29 is 19.1 Å². The zero-order valence-corrected chi connectivity index (χ0v) is 24.2. The molecule has 202 valence electrons. The summed E-state index contributed by atoms with van der Waals surface area (Å²) in [5.41, 5.74) is 1.11. The fourth-order valence-electron chi connectivity index (χ4n) is 6.29. The number of hydrogen-bond donors (Lipinski definition) is 1. The normalized spacial score (nSPS) is 21.3. The summed E-state index contributed by atoms with van der Waals surface area (Å²) >= 11 is 0. The SMILES string of the molecule is COC(=O)[C@H]1[C@H](CO[Si](c2ccccc2)(c2ccccc2)C(C)(C)C)C[C@H](CO)N1[C@@H](C)c1ccccc1. The van der Waals surface area contributed by atoms with E-state index >= 15 is 0 Å². The number of likely N-dealkylation sites (tertiary alicyclic amines) is 1. The van der Waals surface area contributed by atoms with E-state index in [1.54, 1.807) is 0 Å². The van der Waals surface area contributed by atoms with Crippen molar-refractivity contribution in [2.45, 2.75) is 57.3 Å². The second-order valence-corrected chi connectivity index (χ2v) is 15.6. The predicted molar refractivity (Wildman–Crippen MR) is 155 cm³/mol. The number of carbonyl (C=O) groups is 1. The Morgan fingerprint density at radius 2 is 1.45 bits per heavy atom. The van der Waals surface area contributed by atoms with E-state index in [1.165, 1.54) is 17.5 Å². The molecule has 38 heavy (non-hydrogen) atoms. The largest absolute Gasteiger partial charge is 0.468 e. The molecule has 0 unspecified atom stereocenters. The maximum absolute atomic E-state index is 13.3.